The first-order valence-electron chi connectivity index (χ1n) is 10.7. The van der Waals surface area contributed by atoms with Gasteiger partial charge in [0.25, 0.3) is 0 Å². The van der Waals surface area contributed by atoms with E-state index in [9.17, 15) is 4.79 Å². The maximum Gasteiger partial charge on any atom is 0.226 e. The van der Waals surface area contributed by atoms with Crippen molar-refractivity contribution in [2.45, 2.75) is 39.3 Å². The van der Waals surface area contributed by atoms with E-state index in [-0.39, 0.29) is 5.91 Å². The first-order valence-corrected chi connectivity index (χ1v) is 12.4. The molecule has 3 N–H and O–H groups in total. The van der Waals surface area contributed by atoms with Crippen molar-refractivity contribution in [1.29, 1.82) is 0 Å². The zero-order valence-corrected chi connectivity index (χ0v) is 19.6. The predicted molar refractivity (Wildman–Crippen MR) is 130 cm³/mol. The highest BCUT2D eigenvalue weighted by molar-refractivity contribution is 7.23. The number of carbonyl (C=O) groups is 1. The van der Waals surface area contributed by atoms with Crippen molar-refractivity contribution in [3.05, 3.63) is 41.3 Å². The molecule has 8 nitrogen and oxygen atoms in total. The van der Waals surface area contributed by atoms with Gasteiger partial charge in [0.15, 0.2) is 0 Å². The fourth-order valence-corrected chi connectivity index (χ4v) is 6.14. The number of carbonyl (C=O) groups excluding carboxylic acids is 1. The summed E-state index contributed by atoms with van der Waals surface area (Å²) in [7, 11) is 0. The third-order valence-electron chi connectivity index (χ3n) is 5.35. The zero-order valence-electron chi connectivity index (χ0n) is 18.0. The number of hydrogen-bond acceptors (Lipinski definition) is 8. The molecule has 0 spiro atoms. The molecule has 1 aliphatic rings. The molecule has 0 saturated carbocycles. The highest BCUT2D eigenvalue weighted by Gasteiger charge is 2.25. The number of benzene rings is 1. The Kier molecular flexibility index (Phi) is 6.01. The van der Waals surface area contributed by atoms with E-state index in [0.29, 0.717) is 19.0 Å². The standard InChI is InChI=1S/C22H25N7OS2/c1-13(2)25-8-6-19(30)28-22-20(15-5-7-23-10-18(15)32-22)21-27-16-9-14(3-4-17(16)31-21)29-12-24-11-26-29/h3-4,9,11-13,23,25H,5-8,10H2,1-2H3,(H,28,30). The van der Waals surface area contributed by atoms with Crippen LogP contribution in [0.4, 0.5) is 5.00 Å². The van der Waals surface area contributed by atoms with Gasteiger partial charge in [0.1, 0.15) is 22.7 Å². The van der Waals surface area contributed by atoms with E-state index in [2.05, 4.69) is 45.9 Å². The normalized spacial score (nSPS) is 13.6. The second kappa shape index (κ2) is 9.07. The minimum Gasteiger partial charge on any atom is -0.317 e. The maximum absolute atomic E-state index is 12.6. The number of aromatic nitrogens is 4. The monoisotopic (exact) mass is 467 g/mol. The van der Waals surface area contributed by atoms with Gasteiger partial charge >= 0.3 is 0 Å². The number of nitrogens with one attached hydrogen (secondary N) is 3. The van der Waals surface area contributed by atoms with E-state index in [1.807, 2.05) is 12.1 Å². The Hall–Kier alpha value is -2.66. The van der Waals surface area contributed by atoms with E-state index in [4.69, 9.17) is 4.98 Å². The van der Waals surface area contributed by atoms with Crippen molar-refractivity contribution in [3.8, 4) is 16.3 Å². The Morgan fingerprint density at radius 3 is 3.03 bits per heavy atom. The van der Waals surface area contributed by atoms with Gasteiger partial charge in [-0.2, -0.15) is 5.10 Å². The van der Waals surface area contributed by atoms with E-state index in [1.165, 1.54) is 16.8 Å². The molecule has 0 aliphatic carbocycles. The molecule has 4 heterocycles. The molecule has 1 amide bonds. The van der Waals surface area contributed by atoms with Crippen LogP contribution in [0.2, 0.25) is 0 Å². The van der Waals surface area contributed by atoms with Gasteiger partial charge in [-0.25, -0.2) is 14.6 Å². The molecular weight excluding hydrogens is 442 g/mol. The average molecular weight is 468 g/mol. The number of fused-ring (bicyclic) bond motifs is 2. The summed E-state index contributed by atoms with van der Waals surface area (Å²) in [6.45, 7) is 6.59. The van der Waals surface area contributed by atoms with Crippen molar-refractivity contribution in [2.24, 2.45) is 0 Å². The quantitative estimate of drug-likeness (QED) is 0.384. The molecular formula is C22H25N7OS2. The molecule has 1 aliphatic heterocycles. The molecule has 0 atom stereocenters. The lowest BCUT2D eigenvalue weighted by Gasteiger charge is -2.13. The van der Waals surface area contributed by atoms with E-state index in [0.717, 1.165) is 51.0 Å². The van der Waals surface area contributed by atoms with Crippen LogP contribution in [0, 0.1) is 0 Å². The van der Waals surface area contributed by atoms with Gasteiger partial charge in [-0.15, -0.1) is 22.7 Å². The van der Waals surface area contributed by atoms with E-state index in [1.54, 1.807) is 33.7 Å². The summed E-state index contributed by atoms with van der Waals surface area (Å²) >= 11 is 3.33. The van der Waals surface area contributed by atoms with Crippen molar-refractivity contribution in [1.82, 2.24) is 30.4 Å². The maximum atomic E-state index is 12.6. The Morgan fingerprint density at radius 1 is 1.31 bits per heavy atom. The van der Waals surface area contributed by atoms with Crippen LogP contribution in [0.15, 0.2) is 30.9 Å². The molecule has 4 aromatic rings. The fraction of sp³-hybridized carbons (Fsp3) is 0.364. The number of anilines is 1. The number of thiophene rings is 1. The Labute approximate surface area is 194 Å². The number of thiazole rings is 1. The minimum absolute atomic E-state index is 0.0283. The van der Waals surface area contributed by atoms with Crippen LogP contribution in [-0.4, -0.2) is 44.8 Å². The van der Waals surface area contributed by atoms with Crippen molar-refractivity contribution >= 4 is 43.8 Å². The number of hydrogen-bond donors (Lipinski definition) is 3. The lowest BCUT2D eigenvalue weighted by Crippen LogP contribution is -2.27. The lowest BCUT2D eigenvalue weighted by atomic mass is 10.0. The third kappa shape index (κ3) is 4.31. The van der Waals surface area contributed by atoms with Crippen LogP contribution in [0.5, 0.6) is 0 Å². The summed E-state index contributed by atoms with van der Waals surface area (Å²) in [6, 6.07) is 6.49. The molecule has 0 bridgehead atoms. The van der Waals surface area contributed by atoms with Gasteiger partial charge < -0.3 is 16.0 Å². The molecule has 32 heavy (non-hydrogen) atoms. The van der Waals surface area contributed by atoms with Gasteiger partial charge in [-0.1, -0.05) is 13.8 Å². The zero-order chi connectivity index (χ0) is 22.1. The smallest absolute Gasteiger partial charge is 0.226 e. The molecule has 10 heteroatoms. The fourth-order valence-electron chi connectivity index (χ4n) is 3.82. The molecule has 0 saturated heterocycles. The first-order chi connectivity index (χ1) is 15.6. The van der Waals surface area contributed by atoms with E-state index < -0.39 is 0 Å². The first kappa shape index (κ1) is 21.2. The molecule has 0 fully saturated rings. The lowest BCUT2D eigenvalue weighted by molar-refractivity contribution is -0.116. The van der Waals surface area contributed by atoms with Crippen molar-refractivity contribution < 1.29 is 4.79 Å². The van der Waals surface area contributed by atoms with Gasteiger partial charge in [0.05, 0.1) is 15.9 Å². The second-order valence-electron chi connectivity index (χ2n) is 8.05. The summed E-state index contributed by atoms with van der Waals surface area (Å²) < 4.78 is 2.84. The molecule has 166 valence electrons. The highest BCUT2D eigenvalue weighted by atomic mass is 32.1. The van der Waals surface area contributed by atoms with Gasteiger partial charge in [0, 0.05) is 36.0 Å². The van der Waals surface area contributed by atoms with Gasteiger partial charge in [-0.05, 0) is 36.7 Å². The van der Waals surface area contributed by atoms with E-state index >= 15 is 0 Å². The summed E-state index contributed by atoms with van der Waals surface area (Å²) in [5.74, 6) is 0.0283. The third-order valence-corrected chi connectivity index (χ3v) is 7.56. The average Bonchev–Trinajstić information content (AvgIpc) is 3.50. The molecule has 0 unspecified atom stereocenters. The molecule has 0 radical (unpaired) electrons. The summed E-state index contributed by atoms with van der Waals surface area (Å²) in [4.78, 5) is 22.9. The molecule has 5 rings (SSSR count). The summed E-state index contributed by atoms with van der Waals surface area (Å²) in [5, 5.41) is 16.0. The Bertz CT molecular complexity index is 1240. The number of amides is 1. The number of rotatable bonds is 7. The van der Waals surface area contributed by atoms with Crippen molar-refractivity contribution in [2.75, 3.05) is 18.4 Å². The van der Waals surface area contributed by atoms with Crippen LogP contribution in [0.3, 0.4) is 0 Å². The Morgan fingerprint density at radius 2 is 2.22 bits per heavy atom. The summed E-state index contributed by atoms with van der Waals surface area (Å²) in [6.07, 6.45) is 4.58. The van der Waals surface area contributed by atoms with Crippen LogP contribution in [-0.2, 0) is 17.8 Å². The Balaban J connectivity index is 1.48. The molecule has 3 aromatic heterocycles. The van der Waals surface area contributed by atoms with Crippen LogP contribution < -0.4 is 16.0 Å². The van der Waals surface area contributed by atoms with Gasteiger partial charge in [-0.3, -0.25) is 4.79 Å². The van der Waals surface area contributed by atoms with Crippen molar-refractivity contribution in [3.63, 3.8) is 0 Å². The topological polar surface area (TPSA) is 96.8 Å². The second-order valence-corrected chi connectivity index (χ2v) is 10.2. The summed E-state index contributed by atoms with van der Waals surface area (Å²) in [5.41, 5.74) is 4.24. The molecule has 1 aromatic carbocycles. The van der Waals surface area contributed by atoms with Crippen LogP contribution in [0.25, 0.3) is 26.5 Å². The largest absolute Gasteiger partial charge is 0.317 e. The van der Waals surface area contributed by atoms with Crippen LogP contribution in [0.1, 0.15) is 30.7 Å². The van der Waals surface area contributed by atoms with Crippen LogP contribution >= 0.6 is 22.7 Å². The number of nitrogens with zero attached hydrogens (tertiary/aromatic N) is 4. The minimum atomic E-state index is 0.0283. The van der Waals surface area contributed by atoms with Gasteiger partial charge in [0.2, 0.25) is 5.91 Å². The predicted octanol–water partition coefficient (Wildman–Crippen LogP) is 3.58. The SMILES string of the molecule is CC(C)NCCC(=O)Nc1sc2c(c1-c1nc3cc(-n4cncn4)ccc3s1)CCNC2. The highest BCUT2D eigenvalue weighted by Crippen LogP contribution is 2.45.